The Kier molecular flexibility index (Phi) is 3.38. The van der Waals surface area contributed by atoms with Crippen LogP contribution in [0.3, 0.4) is 0 Å². The summed E-state index contributed by atoms with van der Waals surface area (Å²) in [6, 6.07) is 0. The van der Waals surface area contributed by atoms with Gasteiger partial charge in [-0.3, -0.25) is 9.59 Å². The average Bonchev–Trinajstić information content (AvgIpc) is 2.68. The molecule has 4 heteroatoms. The molecule has 0 unspecified atom stereocenters. The number of fused-ring (bicyclic) bond motifs is 3. The molecule has 1 heterocycles. The van der Waals surface area contributed by atoms with Gasteiger partial charge in [0.25, 0.3) is 0 Å². The monoisotopic (exact) mass is 292 g/mol. The second-order valence-electron chi connectivity index (χ2n) is 7.17. The number of esters is 2. The van der Waals surface area contributed by atoms with E-state index in [1.54, 1.807) is 0 Å². The Morgan fingerprint density at radius 1 is 1.43 bits per heavy atom. The first-order valence-electron chi connectivity index (χ1n) is 7.90. The maximum absolute atomic E-state index is 11.9. The summed E-state index contributed by atoms with van der Waals surface area (Å²) in [6.07, 6.45) is 3.39. The first kappa shape index (κ1) is 14.6. The summed E-state index contributed by atoms with van der Waals surface area (Å²) in [5, 5.41) is 0. The van der Waals surface area contributed by atoms with E-state index in [9.17, 15) is 9.59 Å². The van der Waals surface area contributed by atoms with Gasteiger partial charge in [0.1, 0.15) is 12.2 Å². The van der Waals surface area contributed by atoms with Crippen LogP contribution in [-0.4, -0.2) is 24.1 Å². The van der Waals surface area contributed by atoms with Crippen LogP contribution in [0.2, 0.25) is 0 Å². The highest BCUT2D eigenvalue weighted by atomic mass is 16.6. The molecule has 2 aliphatic carbocycles. The lowest BCUT2D eigenvalue weighted by molar-refractivity contribution is -0.171. The predicted molar refractivity (Wildman–Crippen MR) is 77.3 cm³/mol. The molecule has 1 aliphatic heterocycles. The van der Waals surface area contributed by atoms with Gasteiger partial charge >= 0.3 is 11.9 Å². The second kappa shape index (κ2) is 4.85. The van der Waals surface area contributed by atoms with Crippen molar-refractivity contribution in [1.82, 2.24) is 0 Å². The standard InChI is InChI=1S/C17H24O4/c1-9-5-6-13(20-11(3)18)17(4)8-7-12-10(2)16(19)21-15(12)14(9)17/h10,12-15H,1,5-8H2,2-4H3/t10-,12-,13-,14+,15-,17-/m0/s1. The van der Waals surface area contributed by atoms with Crippen molar-refractivity contribution in [3.63, 3.8) is 0 Å². The van der Waals surface area contributed by atoms with Gasteiger partial charge in [0.15, 0.2) is 0 Å². The molecule has 0 aromatic heterocycles. The SMILES string of the molecule is C=C1CC[C@H](OC(C)=O)[C@]2(C)CC[C@@H]3[C@H](OC(=O)[C@H]3C)[C@@H]12. The van der Waals surface area contributed by atoms with Crippen molar-refractivity contribution < 1.29 is 19.1 Å². The van der Waals surface area contributed by atoms with Gasteiger partial charge in [0.05, 0.1) is 5.92 Å². The predicted octanol–water partition coefficient (Wildman–Crippen LogP) is 2.86. The lowest BCUT2D eigenvalue weighted by atomic mass is 9.54. The maximum Gasteiger partial charge on any atom is 0.309 e. The molecule has 2 saturated carbocycles. The molecule has 0 aromatic rings. The first-order chi connectivity index (χ1) is 9.84. The van der Waals surface area contributed by atoms with E-state index in [0.29, 0.717) is 0 Å². The minimum Gasteiger partial charge on any atom is -0.462 e. The third-order valence-corrected chi connectivity index (χ3v) is 5.95. The molecule has 0 bridgehead atoms. The van der Waals surface area contributed by atoms with Gasteiger partial charge in [-0.1, -0.05) is 26.0 Å². The second-order valence-corrected chi connectivity index (χ2v) is 7.17. The minimum absolute atomic E-state index is 0.0264. The lowest BCUT2D eigenvalue weighted by Gasteiger charge is -2.53. The van der Waals surface area contributed by atoms with Gasteiger partial charge in [0, 0.05) is 24.2 Å². The van der Waals surface area contributed by atoms with Crippen LogP contribution in [0.25, 0.3) is 0 Å². The van der Waals surface area contributed by atoms with Crippen molar-refractivity contribution in [3.8, 4) is 0 Å². The van der Waals surface area contributed by atoms with E-state index in [0.717, 1.165) is 31.3 Å². The highest BCUT2D eigenvalue weighted by Gasteiger charge is 2.59. The van der Waals surface area contributed by atoms with E-state index in [-0.39, 0.29) is 47.3 Å². The fourth-order valence-corrected chi connectivity index (χ4v) is 4.78. The van der Waals surface area contributed by atoms with Gasteiger partial charge in [-0.25, -0.2) is 0 Å². The molecule has 6 atom stereocenters. The van der Waals surface area contributed by atoms with E-state index < -0.39 is 0 Å². The Balaban J connectivity index is 1.93. The number of carbonyl (C=O) groups excluding carboxylic acids is 2. The summed E-state index contributed by atoms with van der Waals surface area (Å²) in [6.45, 7) is 9.83. The van der Waals surface area contributed by atoms with Crippen LogP contribution in [-0.2, 0) is 19.1 Å². The number of carbonyl (C=O) groups is 2. The zero-order chi connectivity index (χ0) is 15.4. The fraction of sp³-hybridized carbons (Fsp3) is 0.765. The summed E-state index contributed by atoms with van der Waals surface area (Å²) < 4.78 is 11.3. The zero-order valence-corrected chi connectivity index (χ0v) is 13.1. The van der Waals surface area contributed by atoms with Gasteiger partial charge < -0.3 is 9.47 Å². The summed E-state index contributed by atoms with van der Waals surface area (Å²) in [4.78, 5) is 23.4. The molecule has 0 aromatic carbocycles. The summed E-state index contributed by atoms with van der Waals surface area (Å²) >= 11 is 0. The Morgan fingerprint density at radius 2 is 2.14 bits per heavy atom. The molecule has 3 rings (SSSR count). The Morgan fingerprint density at radius 3 is 2.81 bits per heavy atom. The highest BCUT2D eigenvalue weighted by Crippen LogP contribution is 2.58. The summed E-state index contributed by atoms with van der Waals surface area (Å²) in [7, 11) is 0. The van der Waals surface area contributed by atoms with Crippen molar-refractivity contribution >= 4 is 11.9 Å². The van der Waals surface area contributed by atoms with Crippen LogP contribution < -0.4 is 0 Å². The quantitative estimate of drug-likeness (QED) is 0.551. The number of hydrogen-bond donors (Lipinski definition) is 0. The molecule has 21 heavy (non-hydrogen) atoms. The largest absolute Gasteiger partial charge is 0.462 e. The van der Waals surface area contributed by atoms with Crippen LogP contribution >= 0.6 is 0 Å². The highest BCUT2D eigenvalue weighted by molar-refractivity contribution is 5.75. The van der Waals surface area contributed by atoms with Crippen LogP contribution in [0, 0.1) is 23.2 Å². The molecule has 116 valence electrons. The minimum atomic E-state index is -0.230. The molecule has 0 amide bonds. The Labute approximate surface area is 125 Å². The molecule has 1 saturated heterocycles. The van der Waals surface area contributed by atoms with Crippen LogP contribution in [0.1, 0.15) is 46.5 Å². The fourth-order valence-electron chi connectivity index (χ4n) is 4.78. The molecule has 0 N–H and O–H groups in total. The molecular weight excluding hydrogens is 268 g/mol. The molecular formula is C17H24O4. The van der Waals surface area contributed by atoms with Crippen molar-refractivity contribution in [2.75, 3.05) is 0 Å². The zero-order valence-electron chi connectivity index (χ0n) is 13.1. The molecule has 3 fully saturated rings. The van der Waals surface area contributed by atoms with Crippen LogP contribution in [0.15, 0.2) is 12.2 Å². The number of hydrogen-bond acceptors (Lipinski definition) is 4. The van der Waals surface area contributed by atoms with Crippen molar-refractivity contribution in [3.05, 3.63) is 12.2 Å². The molecule has 0 radical (unpaired) electrons. The molecule has 0 spiro atoms. The maximum atomic E-state index is 11.9. The smallest absolute Gasteiger partial charge is 0.309 e. The lowest BCUT2D eigenvalue weighted by Crippen LogP contribution is -2.54. The van der Waals surface area contributed by atoms with Crippen LogP contribution in [0.4, 0.5) is 0 Å². The summed E-state index contributed by atoms with van der Waals surface area (Å²) in [5.41, 5.74) is 0.990. The van der Waals surface area contributed by atoms with Gasteiger partial charge in [0.2, 0.25) is 0 Å². The third-order valence-electron chi connectivity index (χ3n) is 5.95. The van der Waals surface area contributed by atoms with Gasteiger partial charge in [-0.15, -0.1) is 0 Å². The molecule has 3 aliphatic rings. The molecule has 4 nitrogen and oxygen atoms in total. The Bertz CT molecular complexity index is 497. The summed E-state index contributed by atoms with van der Waals surface area (Å²) in [5.74, 6) is 0.0520. The normalized spacial score (nSPS) is 45.6. The van der Waals surface area contributed by atoms with Crippen LogP contribution in [0.5, 0.6) is 0 Å². The van der Waals surface area contributed by atoms with Gasteiger partial charge in [-0.2, -0.15) is 0 Å². The van der Waals surface area contributed by atoms with Crippen molar-refractivity contribution in [2.45, 2.75) is 58.7 Å². The van der Waals surface area contributed by atoms with E-state index in [2.05, 4.69) is 13.5 Å². The average molecular weight is 292 g/mol. The van der Waals surface area contributed by atoms with E-state index in [4.69, 9.17) is 9.47 Å². The topological polar surface area (TPSA) is 52.6 Å². The van der Waals surface area contributed by atoms with Crippen molar-refractivity contribution in [2.24, 2.45) is 23.2 Å². The third kappa shape index (κ3) is 2.11. The Hall–Kier alpha value is -1.32. The van der Waals surface area contributed by atoms with E-state index in [1.807, 2.05) is 6.92 Å². The van der Waals surface area contributed by atoms with E-state index in [1.165, 1.54) is 6.92 Å². The first-order valence-corrected chi connectivity index (χ1v) is 7.90. The van der Waals surface area contributed by atoms with Gasteiger partial charge in [-0.05, 0) is 25.7 Å². The van der Waals surface area contributed by atoms with E-state index >= 15 is 0 Å². The number of rotatable bonds is 1. The number of ether oxygens (including phenoxy) is 2. The van der Waals surface area contributed by atoms with Crippen molar-refractivity contribution in [1.29, 1.82) is 0 Å².